The Bertz CT molecular complexity index is 1230. The number of carbonyl (C=O) groups is 2. The Morgan fingerprint density at radius 2 is 1.94 bits per heavy atom. The molecule has 0 aliphatic carbocycles. The zero-order chi connectivity index (χ0) is 22.7. The summed E-state index contributed by atoms with van der Waals surface area (Å²) in [5, 5.41) is 2.95. The molecule has 1 aromatic heterocycles. The minimum absolute atomic E-state index is 0.0843. The molecule has 0 bridgehead atoms. The Balaban J connectivity index is 1.58. The van der Waals surface area contributed by atoms with Crippen molar-refractivity contribution in [2.45, 2.75) is 23.2 Å². The molecule has 164 valence electrons. The smallest absolute Gasteiger partial charge is 0.257 e. The monoisotopic (exact) mass is 454 g/mol. The number of fused-ring (bicyclic) bond motifs is 1. The number of ether oxygens (including phenoxy) is 1. The minimum atomic E-state index is -0.590. The van der Waals surface area contributed by atoms with Crippen LogP contribution in [0.2, 0.25) is 0 Å². The van der Waals surface area contributed by atoms with Gasteiger partial charge in [0.1, 0.15) is 17.4 Å². The van der Waals surface area contributed by atoms with E-state index in [0.717, 1.165) is 5.56 Å². The van der Waals surface area contributed by atoms with Gasteiger partial charge in [0, 0.05) is 18.1 Å². The fraction of sp³-hybridized carbons (Fsp3) is 0.182. The Kier molecular flexibility index (Phi) is 6.22. The molecule has 4 rings (SSSR count). The molecule has 1 atom stereocenters. The van der Waals surface area contributed by atoms with Crippen molar-refractivity contribution in [2.24, 2.45) is 5.73 Å². The molecule has 0 spiro atoms. The number of thioether (sulfide) groups is 1. The third-order valence-corrected chi connectivity index (χ3v) is 5.84. The van der Waals surface area contributed by atoms with E-state index in [1.54, 1.807) is 42.5 Å². The first-order valence-electron chi connectivity index (χ1n) is 9.72. The first kappa shape index (κ1) is 21.6. The van der Waals surface area contributed by atoms with Gasteiger partial charge < -0.3 is 20.8 Å². The maximum atomic E-state index is 13.9. The quantitative estimate of drug-likeness (QED) is 0.372. The van der Waals surface area contributed by atoms with Crippen LogP contribution in [0.15, 0.2) is 58.5 Å². The second-order valence-electron chi connectivity index (χ2n) is 7.14. The number of carbonyl (C=O) groups excluding carboxylic acids is 2. The summed E-state index contributed by atoms with van der Waals surface area (Å²) in [6.45, 7) is -0.245. The highest BCUT2D eigenvalue weighted by molar-refractivity contribution is 7.98. The molecule has 0 radical (unpaired) electrons. The number of nitrogens with two attached hydrogens (primary N) is 1. The van der Waals surface area contributed by atoms with Crippen molar-refractivity contribution in [2.75, 3.05) is 11.9 Å². The van der Waals surface area contributed by atoms with Crippen molar-refractivity contribution in [3.8, 4) is 5.75 Å². The van der Waals surface area contributed by atoms with Gasteiger partial charge in [-0.15, -0.1) is 0 Å². The van der Waals surface area contributed by atoms with Crippen LogP contribution >= 0.6 is 11.8 Å². The predicted octanol–water partition coefficient (Wildman–Crippen LogP) is 2.54. The molecule has 2 amide bonds. The number of benzene rings is 2. The van der Waals surface area contributed by atoms with Crippen molar-refractivity contribution < 1.29 is 18.7 Å². The first-order valence-corrected chi connectivity index (χ1v) is 10.7. The van der Waals surface area contributed by atoms with E-state index in [1.165, 1.54) is 17.8 Å². The third kappa shape index (κ3) is 4.80. The highest BCUT2D eigenvalue weighted by Crippen LogP contribution is 2.35. The van der Waals surface area contributed by atoms with Crippen LogP contribution in [0.5, 0.6) is 5.75 Å². The summed E-state index contributed by atoms with van der Waals surface area (Å²) in [5.41, 5.74) is 6.27. The lowest BCUT2D eigenvalue weighted by molar-refractivity contribution is -0.120. The molecule has 2 aromatic carbocycles. The summed E-state index contributed by atoms with van der Waals surface area (Å²) >= 11 is 1.17. The maximum absolute atomic E-state index is 13.9. The molecule has 1 aliphatic heterocycles. The zero-order valence-corrected chi connectivity index (χ0v) is 17.6. The van der Waals surface area contributed by atoms with Crippen LogP contribution in [0.4, 0.5) is 10.2 Å². The van der Waals surface area contributed by atoms with Gasteiger partial charge >= 0.3 is 0 Å². The lowest BCUT2D eigenvalue weighted by Crippen LogP contribution is -2.31. The largest absolute Gasteiger partial charge is 0.484 e. The molecule has 0 unspecified atom stereocenters. The van der Waals surface area contributed by atoms with Crippen molar-refractivity contribution in [3.05, 3.63) is 81.4 Å². The van der Waals surface area contributed by atoms with Crippen molar-refractivity contribution >= 4 is 29.4 Å². The summed E-state index contributed by atoms with van der Waals surface area (Å²) in [6, 6.07) is 13.1. The Morgan fingerprint density at radius 3 is 2.66 bits per heavy atom. The Labute approximate surface area is 186 Å². The standard InChI is InChI=1S/C22H19FN4O4S/c23-16-4-2-1-3-13(16)11-32-22-26-20-19(21(30)27-22)15(9-18(29)25-20)12-5-7-14(8-6-12)31-10-17(24)28/h1-8,15H,9-11H2,(H2,24,28)(H2,25,26,27,29,30)/t15-/m0/s1. The molecule has 32 heavy (non-hydrogen) atoms. The van der Waals surface area contributed by atoms with Crippen LogP contribution in [0, 0.1) is 5.82 Å². The highest BCUT2D eigenvalue weighted by Gasteiger charge is 2.31. The summed E-state index contributed by atoms with van der Waals surface area (Å²) in [6.07, 6.45) is 0.0843. The van der Waals surface area contributed by atoms with E-state index in [0.29, 0.717) is 16.9 Å². The van der Waals surface area contributed by atoms with E-state index in [1.807, 2.05) is 0 Å². The maximum Gasteiger partial charge on any atom is 0.257 e. The molecule has 3 aromatic rings. The molecule has 10 heteroatoms. The van der Waals surface area contributed by atoms with E-state index < -0.39 is 11.8 Å². The van der Waals surface area contributed by atoms with Gasteiger partial charge in [-0.25, -0.2) is 9.37 Å². The van der Waals surface area contributed by atoms with Gasteiger partial charge in [-0.2, -0.15) is 0 Å². The zero-order valence-electron chi connectivity index (χ0n) is 16.8. The van der Waals surface area contributed by atoms with Crippen LogP contribution in [-0.2, 0) is 15.3 Å². The van der Waals surface area contributed by atoms with E-state index in [2.05, 4.69) is 15.3 Å². The van der Waals surface area contributed by atoms with Crippen LogP contribution < -0.4 is 21.3 Å². The van der Waals surface area contributed by atoms with Gasteiger partial charge in [-0.05, 0) is 29.3 Å². The number of H-pyrrole nitrogens is 1. The van der Waals surface area contributed by atoms with Gasteiger partial charge in [0.05, 0.1) is 5.56 Å². The molecule has 0 saturated heterocycles. The number of anilines is 1. The van der Waals surface area contributed by atoms with Gasteiger partial charge in [0.25, 0.3) is 11.5 Å². The van der Waals surface area contributed by atoms with Gasteiger partial charge in [0.15, 0.2) is 11.8 Å². The Morgan fingerprint density at radius 1 is 1.19 bits per heavy atom. The molecule has 0 saturated carbocycles. The summed E-state index contributed by atoms with van der Waals surface area (Å²) in [5.74, 6) is -0.769. The molecular weight excluding hydrogens is 435 g/mol. The number of hydrogen-bond donors (Lipinski definition) is 3. The average Bonchev–Trinajstić information content (AvgIpc) is 2.76. The lowest BCUT2D eigenvalue weighted by atomic mass is 9.87. The van der Waals surface area contributed by atoms with Crippen LogP contribution in [0.25, 0.3) is 0 Å². The molecular formula is C22H19FN4O4S. The highest BCUT2D eigenvalue weighted by atomic mass is 32.2. The van der Waals surface area contributed by atoms with E-state index in [9.17, 15) is 18.8 Å². The summed E-state index contributed by atoms with van der Waals surface area (Å²) in [7, 11) is 0. The SMILES string of the molecule is NC(=O)COc1ccc([C@@H]2CC(=O)Nc3nc(SCc4ccccc4F)[nH]c(=O)c32)cc1. The van der Waals surface area contributed by atoms with Crippen molar-refractivity contribution in [1.82, 2.24) is 9.97 Å². The van der Waals surface area contributed by atoms with Crippen molar-refractivity contribution in [1.29, 1.82) is 0 Å². The molecule has 0 fully saturated rings. The first-order chi connectivity index (χ1) is 15.4. The number of amides is 2. The molecule has 4 N–H and O–H groups in total. The van der Waals surface area contributed by atoms with Gasteiger partial charge in [-0.3, -0.25) is 14.4 Å². The normalized spacial score (nSPS) is 15.0. The van der Waals surface area contributed by atoms with E-state index in [-0.39, 0.29) is 47.0 Å². The van der Waals surface area contributed by atoms with Crippen LogP contribution in [0.3, 0.4) is 0 Å². The number of hydrogen-bond acceptors (Lipinski definition) is 6. The van der Waals surface area contributed by atoms with Gasteiger partial charge in [-0.1, -0.05) is 42.1 Å². The number of nitrogens with one attached hydrogen (secondary N) is 2. The summed E-state index contributed by atoms with van der Waals surface area (Å²) in [4.78, 5) is 43.2. The number of nitrogens with zero attached hydrogens (tertiary/aromatic N) is 1. The molecule has 2 heterocycles. The summed E-state index contributed by atoms with van der Waals surface area (Å²) < 4.78 is 19.1. The van der Waals surface area contributed by atoms with Crippen LogP contribution in [-0.4, -0.2) is 28.4 Å². The number of rotatable bonds is 7. The third-order valence-electron chi connectivity index (χ3n) is 4.92. The van der Waals surface area contributed by atoms with Crippen LogP contribution in [0.1, 0.15) is 29.0 Å². The topological polar surface area (TPSA) is 127 Å². The Hall–Kier alpha value is -3.66. The minimum Gasteiger partial charge on any atom is -0.484 e. The van der Waals surface area contributed by atoms with Gasteiger partial charge in [0.2, 0.25) is 5.91 Å². The van der Waals surface area contributed by atoms with Crippen molar-refractivity contribution in [3.63, 3.8) is 0 Å². The number of aromatic amines is 1. The second-order valence-corrected chi connectivity index (χ2v) is 8.11. The van der Waals surface area contributed by atoms with E-state index in [4.69, 9.17) is 10.5 Å². The number of aromatic nitrogens is 2. The number of halogens is 1. The fourth-order valence-electron chi connectivity index (χ4n) is 3.42. The molecule has 8 nitrogen and oxygen atoms in total. The second kappa shape index (κ2) is 9.23. The fourth-order valence-corrected chi connectivity index (χ4v) is 4.26. The van der Waals surface area contributed by atoms with E-state index >= 15 is 0 Å². The lowest BCUT2D eigenvalue weighted by Gasteiger charge is -2.24. The molecule has 1 aliphatic rings. The number of primary amides is 1. The predicted molar refractivity (Wildman–Crippen MR) is 117 cm³/mol. The average molecular weight is 454 g/mol.